The fourth-order valence-electron chi connectivity index (χ4n) is 2.91. The van der Waals surface area contributed by atoms with Crippen molar-refractivity contribution >= 4 is 21.7 Å². The first kappa shape index (κ1) is 12.2. The lowest BCUT2D eigenvalue weighted by Gasteiger charge is -2.09. The van der Waals surface area contributed by atoms with Crippen LogP contribution in [0.3, 0.4) is 0 Å². The normalized spacial score (nSPS) is 11.3. The van der Waals surface area contributed by atoms with Crippen LogP contribution >= 0.6 is 0 Å². The van der Waals surface area contributed by atoms with Crippen molar-refractivity contribution in [2.45, 2.75) is 6.54 Å². The predicted octanol–water partition coefficient (Wildman–Crippen LogP) is 4.98. The van der Waals surface area contributed by atoms with Crippen LogP contribution in [0, 0.1) is 5.82 Å². The number of aromatic nitrogens is 1. The van der Waals surface area contributed by atoms with Crippen LogP contribution in [-0.4, -0.2) is 4.57 Å². The highest BCUT2D eigenvalue weighted by molar-refractivity contribution is 5.86. The first-order chi connectivity index (χ1) is 10.3. The molecule has 0 aliphatic rings. The van der Waals surface area contributed by atoms with Crippen LogP contribution in [0.25, 0.3) is 21.7 Å². The number of para-hydroxylation sites is 1. The summed E-state index contributed by atoms with van der Waals surface area (Å²) in [6.07, 6.45) is 2.09. The van der Waals surface area contributed by atoms with E-state index >= 15 is 0 Å². The highest BCUT2D eigenvalue weighted by atomic mass is 19.1. The Labute approximate surface area is 122 Å². The molecule has 0 radical (unpaired) electrons. The summed E-state index contributed by atoms with van der Waals surface area (Å²) >= 11 is 0. The summed E-state index contributed by atoms with van der Waals surface area (Å²) in [7, 11) is 0. The van der Waals surface area contributed by atoms with Crippen molar-refractivity contribution in [3.8, 4) is 0 Å². The molecule has 1 heterocycles. The summed E-state index contributed by atoms with van der Waals surface area (Å²) in [5.41, 5.74) is 2.33. The predicted molar refractivity (Wildman–Crippen MR) is 84.9 cm³/mol. The summed E-state index contributed by atoms with van der Waals surface area (Å²) in [6.45, 7) is 0.744. The molecule has 2 heteroatoms. The van der Waals surface area contributed by atoms with Gasteiger partial charge in [0.05, 0.1) is 0 Å². The summed E-state index contributed by atoms with van der Waals surface area (Å²) < 4.78 is 15.7. The minimum atomic E-state index is -0.188. The Morgan fingerprint density at radius 2 is 1.67 bits per heavy atom. The molecule has 0 N–H and O–H groups in total. The van der Waals surface area contributed by atoms with E-state index in [4.69, 9.17) is 0 Å². The van der Waals surface area contributed by atoms with Crippen molar-refractivity contribution in [1.82, 2.24) is 4.57 Å². The summed E-state index contributed by atoms with van der Waals surface area (Å²) in [6, 6.07) is 21.5. The van der Waals surface area contributed by atoms with Crippen LogP contribution in [0.1, 0.15) is 5.56 Å². The molecule has 0 saturated carbocycles. The van der Waals surface area contributed by atoms with Gasteiger partial charge in [-0.2, -0.15) is 0 Å². The van der Waals surface area contributed by atoms with Gasteiger partial charge in [0, 0.05) is 18.3 Å². The largest absolute Gasteiger partial charge is 0.343 e. The lowest BCUT2D eigenvalue weighted by molar-refractivity contribution is 0.629. The molecule has 102 valence electrons. The van der Waals surface area contributed by atoms with Crippen LogP contribution < -0.4 is 0 Å². The Morgan fingerprint density at radius 1 is 0.810 bits per heavy atom. The van der Waals surface area contributed by atoms with Crippen molar-refractivity contribution in [2.75, 3.05) is 0 Å². The van der Waals surface area contributed by atoms with Crippen LogP contribution in [0.5, 0.6) is 0 Å². The van der Waals surface area contributed by atoms with Crippen molar-refractivity contribution < 1.29 is 4.39 Å². The Kier molecular flexibility index (Phi) is 2.74. The third-order valence-corrected chi connectivity index (χ3v) is 3.96. The minimum Gasteiger partial charge on any atom is -0.343 e. The number of fused-ring (bicyclic) bond motifs is 2. The maximum absolute atomic E-state index is 13.5. The molecule has 4 aromatic rings. The molecule has 0 fully saturated rings. The molecule has 0 unspecified atom stereocenters. The molecular weight excluding hydrogens is 261 g/mol. The smallest absolute Gasteiger partial charge is 0.123 e. The minimum absolute atomic E-state index is 0.188. The van der Waals surface area contributed by atoms with E-state index in [1.165, 1.54) is 17.0 Å². The van der Waals surface area contributed by atoms with E-state index in [1.807, 2.05) is 30.3 Å². The van der Waals surface area contributed by atoms with E-state index < -0.39 is 0 Å². The van der Waals surface area contributed by atoms with Crippen molar-refractivity contribution in [2.24, 2.45) is 0 Å². The van der Waals surface area contributed by atoms with Crippen molar-refractivity contribution in [3.63, 3.8) is 0 Å². The fourth-order valence-corrected chi connectivity index (χ4v) is 2.91. The molecule has 1 aromatic heterocycles. The number of nitrogens with zero attached hydrogens (tertiary/aromatic N) is 1. The molecule has 0 amide bonds. The van der Waals surface area contributed by atoms with E-state index in [0.717, 1.165) is 22.9 Å². The lowest BCUT2D eigenvalue weighted by Crippen LogP contribution is -1.98. The van der Waals surface area contributed by atoms with Gasteiger partial charge in [-0.25, -0.2) is 4.39 Å². The molecule has 3 aromatic carbocycles. The van der Waals surface area contributed by atoms with E-state index in [-0.39, 0.29) is 5.82 Å². The Morgan fingerprint density at radius 3 is 2.62 bits per heavy atom. The third-order valence-electron chi connectivity index (χ3n) is 3.96. The van der Waals surface area contributed by atoms with Gasteiger partial charge in [0.1, 0.15) is 5.82 Å². The van der Waals surface area contributed by atoms with Crippen LogP contribution in [0.15, 0.2) is 72.9 Å². The SMILES string of the molecule is Fc1ccc2cccc(Cn3ccc4ccccc43)c2c1. The second kappa shape index (κ2) is 4.74. The van der Waals surface area contributed by atoms with E-state index in [2.05, 4.69) is 35.0 Å². The van der Waals surface area contributed by atoms with Gasteiger partial charge in [0.15, 0.2) is 0 Å². The summed E-state index contributed by atoms with van der Waals surface area (Å²) in [4.78, 5) is 0. The maximum atomic E-state index is 13.5. The zero-order chi connectivity index (χ0) is 14.2. The molecule has 0 saturated heterocycles. The molecular formula is C19H14FN. The Balaban J connectivity index is 1.86. The number of hydrogen-bond acceptors (Lipinski definition) is 0. The zero-order valence-corrected chi connectivity index (χ0v) is 11.5. The van der Waals surface area contributed by atoms with E-state index in [1.54, 1.807) is 6.07 Å². The average Bonchev–Trinajstić information content (AvgIpc) is 2.91. The second-order valence-electron chi connectivity index (χ2n) is 5.29. The molecule has 0 aliphatic heterocycles. The Hall–Kier alpha value is -2.61. The molecule has 4 rings (SSSR count). The number of hydrogen-bond donors (Lipinski definition) is 0. The van der Waals surface area contributed by atoms with Gasteiger partial charge in [-0.05, 0) is 46.0 Å². The third kappa shape index (κ3) is 2.09. The molecule has 0 bridgehead atoms. The molecule has 0 atom stereocenters. The summed E-state index contributed by atoms with van der Waals surface area (Å²) in [5.74, 6) is -0.188. The lowest BCUT2D eigenvalue weighted by atomic mass is 10.0. The second-order valence-corrected chi connectivity index (χ2v) is 5.29. The van der Waals surface area contributed by atoms with Gasteiger partial charge in [0.25, 0.3) is 0 Å². The monoisotopic (exact) mass is 275 g/mol. The standard InChI is InChI=1S/C19H14FN/c20-17-9-8-14-5-3-6-16(18(14)12-17)13-21-11-10-15-4-1-2-7-19(15)21/h1-12H,13H2. The average molecular weight is 275 g/mol. The number of rotatable bonds is 2. The van der Waals surface area contributed by atoms with Gasteiger partial charge in [-0.1, -0.05) is 42.5 Å². The highest BCUT2D eigenvalue weighted by Gasteiger charge is 2.05. The number of halogens is 1. The van der Waals surface area contributed by atoms with Gasteiger partial charge < -0.3 is 4.57 Å². The molecule has 1 nitrogen and oxygen atoms in total. The van der Waals surface area contributed by atoms with E-state index in [0.29, 0.717) is 0 Å². The topological polar surface area (TPSA) is 4.93 Å². The quantitative estimate of drug-likeness (QED) is 0.486. The Bertz CT molecular complexity index is 937. The molecule has 21 heavy (non-hydrogen) atoms. The summed E-state index contributed by atoms with van der Waals surface area (Å²) in [5, 5.41) is 3.28. The van der Waals surface area contributed by atoms with Gasteiger partial charge >= 0.3 is 0 Å². The number of benzene rings is 3. The maximum Gasteiger partial charge on any atom is 0.123 e. The first-order valence-electron chi connectivity index (χ1n) is 7.02. The zero-order valence-electron chi connectivity index (χ0n) is 11.5. The van der Waals surface area contributed by atoms with E-state index in [9.17, 15) is 4.39 Å². The van der Waals surface area contributed by atoms with Gasteiger partial charge in [-0.3, -0.25) is 0 Å². The fraction of sp³-hybridized carbons (Fsp3) is 0.0526. The highest BCUT2D eigenvalue weighted by Crippen LogP contribution is 2.23. The first-order valence-corrected chi connectivity index (χ1v) is 7.02. The molecule has 0 aliphatic carbocycles. The van der Waals surface area contributed by atoms with Crippen LogP contribution in [-0.2, 0) is 6.54 Å². The van der Waals surface area contributed by atoms with Crippen molar-refractivity contribution in [3.05, 3.63) is 84.3 Å². The van der Waals surface area contributed by atoms with Gasteiger partial charge in [0.2, 0.25) is 0 Å². The van der Waals surface area contributed by atoms with Crippen LogP contribution in [0.2, 0.25) is 0 Å². The van der Waals surface area contributed by atoms with Crippen LogP contribution in [0.4, 0.5) is 4.39 Å². The molecule has 0 spiro atoms. The van der Waals surface area contributed by atoms with Gasteiger partial charge in [-0.15, -0.1) is 0 Å². The van der Waals surface area contributed by atoms with Crippen molar-refractivity contribution in [1.29, 1.82) is 0 Å².